The minimum Gasteiger partial charge on any atom is -0.350 e. The molecule has 0 spiro atoms. The first-order chi connectivity index (χ1) is 10.7. The first-order valence-corrected chi connectivity index (χ1v) is 8.78. The minimum absolute atomic E-state index is 0.0366. The first kappa shape index (κ1) is 17.0. The molecule has 1 N–H and O–H groups in total. The Hall–Kier alpha value is -1.36. The number of benzene rings is 1. The summed E-state index contributed by atoms with van der Waals surface area (Å²) in [7, 11) is 0. The van der Waals surface area contributed by atoms with Crippen LogP contribution in [0, 0.1) is 0 Å². The molecule has 3 nitrogen and oxygen atoms in total. The normalized spacial score (nSPS) is 12.4. The van der Waals surface area contributed by atoms with Crippen LogP contribution in [0.1, 0.15) is 35.8 Å². The molecule has 1 heterocycles. The van der Waals surface area contributed by atoms with Crippen LogP contribution in [0.15, 0.2) is 41.1 Å². The molecule has 0 unspecified atom stereocenters. The highest BCUT2D eigenvalue weighted by Crippen LogP contribution is 2.27. The van der Waals surface area contributed by atoms with Crippen LogP contribution in [0.3, 0.4) is 0 Å². The summed E-state index contributed by atoms with van der Waals surface area (Å²) in [6.45, 7) is 6.59. The van der Waals surface area contributed by atoms with Gasteiger partial charge in [0.05, 0.1) is 6.04 Å². The highest BCUT2D eigenvalue weighted by Gasteiger charge is 2.21. The molecule has 0 radical (unpaired) electrons. The first-order valence-electron chi connectivity index (χ1n) is 7.46. The zero-order valence-corrected chi connectivity index (χ0v) is 14.5. The van der Waals surface area contributed by atoms with E-state index in [0.717, 1.165) is 23.7 Å². The van der Waals surface area contributed by atoms with Crippen molar-refractivity contribution in [2.75, 3.05) is 19.6 Å². The van der Waals surface area contributed by atoms with Crippen molar-refractivity contribution in [1.29, 1.82) is 0 Å². The zero-order chi connectivity index (χ0) is 15.9. The average molecular weight is 337 g/mol. The second kappa shape index (κ2) is 8.32. The van der Waals surface area contributed by atoms with E-state index in [1.165, 1.54) is 11.3 Å². The van der Waals surface area contributed by atoms with E-state index < -0.39 is 0 Å². The second-order valence-electron chi connectivity index (χ2n) is 4.98. The highest BCUT2D eigenvalue weighted by molar-refractivity contribution is 7.08. The predicted molar refractivity (Wildman–Crippen MR) is 93.8 cm³/mol. The van der Waals surface area contributed by atoms with Crippen LogP contribution < -0.4 is 5.32 Å². The SMILES string of the molecule is CCN(CC)[C@@H](CNC(=O)c1ccsc1)c1ccccc1Cl. The average Bonchev–Trinajstić information content (AvgIpc) is 3.06. The Labute approximate surface area is 140 Å². The molecule has 0 saturated carbocycles. The number of nitrogens with one attached hydrogen (secondary N) is 1. The Balaban J connectivity index is 2.15. The maximum Gasteiger partial charge on any atom is 0.252 e. The van der Waals surface area contributed by atoms with Crippen molar-refractivity contribution in [3.63, 3.8) is 0 Å². The molecule has 1 amide bonds. The van der Waals surface area contributed by atoms with Gasteiger partial charge in [0.25, 0.3) is 5.91 Å². The summed E-state index contributed by atoms with van der Waals surface area (Å²) in [4.78, 5) is 14.5. The van der Waals surface area contributed by atoms with Gasteiger partial charge in [0, 0.05) is 22.5 Å². The van der Waals surface area contributed by atoms with Gasteiger partial charge in [-0.15, -0.1) is 0 Å². The van der Waals surface area contributed by atoms with Crippen LogP contribution in [-0.2, 0) is 0 Å². The molecule has 1 atom stereocenters. The second-order valence-corrected chi connectivity index (χ2v) is 6.17. The van der Waals surface area contributed by atoms with Gasteiger partial charge in [-0.3, -0.25) is 9.69 Å². The molecule has 118 valence electrons. The quantitative estimate of drug-likeness (QED) is 0.821. The van der Waals surface area contributed by atoms with E-state index in [2.05, 4.69) is 24.1 Å². The molecule has 0 fully saturated rings. The fourth-order valence-electron chi connectivity index (χ4n) is 2.53. The molecule has 0 aliphatic rings. The van der Waals surface area contributed by atoms with Gasteiger partial charge in [-0.05, 0) is 36.2 Å². The van der Waals surface area contributed by atoms with Crippen LogP contribution in [-0.4, -0.2) is 30.4 Å². The molecule has 0 saturated heterocycles. The fraction of sp³-hybridized carbons (Fsp3) is 0.353. The summed E-state index contributed by atoms with van der Waals surface area (Å²) >= 11 is 7.88. The van der Waals surface area contributed by atoms with Crippen LogP contribution in [0.25, 0.3) is 0 Å². The Bertz CT molecular complexity index is 596. The van der Waals surface area contributed by atoms with E-state index in [-0.39, 0.29) is 11.9 Å². The molecule has 0 aliphatic carbocycles. The van der Waals surface area contributed by atoms with E-state index in [0.29, 0.717) is 12.1 Å². The third-order valence-corrected chi connectivity index (χ3v) is 4.78. The van der Waals surface area contributed by atoms with Crippen molar-refractivity contribution in [2.45, 2.75) is 19.9 Å². The van der Waals surface area contributed by atoms with Crippen LogP contribution >= 0.6 is 22.9 Å². The maximum atomic E-state index is 12.2. The van der Waals surface area contributed by atoms with Crippen LogP contribution in [0.2, 0.25) is 5.02 Å². The fourth-order valence-corrected chi connectivity index (χ4v) is 3.43. The third-order valence-electron chi connectivity index (χ3n) is 3.76. The Kier molecular flexibility index (Phi) is 6.43. The van der Waals surface area contributed by atoms with Crippen molar-refractivity contribution >= 4 is 28.8 Å². The summed E-state index contributed by atoms with van der Waals surface area (Å²) < 4.78 is 0. The Morgan fingerprint density at radius 3 is 2.59 bits per heavy atom. The molecule has 0 bridgehead atoms. The van der Waals surface area contributed by atoms with Gasteiger partial charge in [0.1, 0.15) is 0 Å². The molecule has 2 rings (SSSR count). The topological polar surface area (TPSA) is 32.3 Å². The van der Waals surface area contributed by atoms with E-state index in [9.17, 15) is 4.79 Å². The Morgan fingerprint density at radius 2 is 2.00 bits per heavy atom. The van der Waals surface area contributed by atoms with Crippen molar-refractivity contribution < 1.29 is 4.79 Å². The number of halogens is 1. The number of carbonyl (C=O) groups is 1. The van der Waals surface area contributed by atoms with E-state index in [1.54, 1.807) is 0 Å². The summed E-state index contributed by atoms with van der Waals surface area (Å²) in [5, 5.41) is 7.53. The molecule has 1 aromatic heterocycles. The molecular formula is C17H21ClN2OS. The molecule has 0 aliphatic heterocycles. The van der Waals surface area contributed by atoms with Crippen LogP contribution in [0.5, 0.6) is 0 Å². The number of nitrogens with zero attached hydrogens (tertiary/aromatic N) is 1. The highest BCUT2D eigenvalue weighted by atomic mass is 35.5. The third kappa shape index (κ3) is 4.09. The van der Waals surface area contributed by atoms with Crippen molar-refractivity contribution in [1.82, 2.24) is 10.2 Å². The van der Waals surface area contributed by atoms with E-state index in [1.807, 2.05) is 41.1 Å². The van der Waals surface area contributed by atoms with Gasteiger partial charge >= 0.3 is 0 Å². The summed E-state index contributed by atoms with van der Waals surface area (Å²) in [5.41, 5.74) is 1.76. The number of hydrogen-bond acceptors (Lipinski definition) is 3. The van der Waals surface area contributed by atoms with Gasteiger partial charge in [0.2, 0.25) is 0 Å². The monoisotopic (exact) mass is 336 g/mol. The van der Waals surface area contributed by atoms with Gasteiger partial charge in [-0.2, -0.15) is 11.3 Å². The largest absolute Gasteiger partial charge is 0.350 e. The van der Waals surface area contributed by atoms with Crippen LogP contribution in [0.4, 0.5) is 0 Å². The molecule has 5 heteroatoms. The number of likely N-dealkylation sites (N-methyl/N-ethyl adjacent to an activating group) is 1. The van der Waals surface area contributed by atoms with E-state index in [4.69, 9.17) is 11.6 Å². The van der Waals surface area contributed by atoms with E-state index >= 15 is 0 Å². The summed E-state index contributed by atoms with van der Waals surface area (Å²) in [5.74, 6) is -0.0366. The molecule has 1 aromatic carbocycles. The summed E-state index contributed by atoms with van der Waals surface area (Å²) in [6.07, 6.45) is 0. The lowest BCUT2D eigenvalue weighted by molar-refractivity contribution is 0.0935. The smallest absolute Gasteiger partial charge is 0.252 e. The van der Waals surface area contributed by atoms with Crippen molar-refractivity contribution in [3.8, 4) is 0 Å². The van der Waals surface area contributed by atoms with Gasteiger partial charge in [-0.1, -0.05) is 43.6 Å². The minimum atomic E-state index is -0.0366. The predicted octanol–water partition coefficient (Wildman–Crippen LogP) is 4.21. The van der Waals surface area contributed by atoms with Gasteiger partial charge in [0.15, 0.2) is 0 Å². The lowest BCUT2D eigenvalue weighted by Crippen LogP contribution is -2.38. The molecule has 2 aromatic rings. The number of thiophene rings is 1. The lowest BCUT2D eigenvalue weighted by atomic mass is 10.0. The van der Waals surface area contributed by atoms with Gasteiger partial charge < -0.3 is 5.32 Å². The Morgan fingerprint density at radius 1 is 1.27 bits per heavy atom. The summed E-state index contributed by atoms with van der Waals surface area (Å²) in [6, 6.07) is 9.75. The number of rotatable bonds is 7. The van der Waals surface area contributed by atoms with Crippen molar-refractivity contribution in [2.24, 2.45) is 0 Å². The number of hydrogen-bond donors (Lipinski definition) is 1. The molecular weight excluding hydrogens is 316 g/mol. The number of amides is 1. The number of carbonyl (C=O) groups excluding carboxylic acids is 1. The lowest BCUT2D eigenvalue weighted by Gasteiger charge is -2.30. The molecule has 22 heavy (non-hydrogen) atoms. The standard InChI is InChI=1S/C17H21ClN2OS/c1-3-20(4-2)16(14-7-5-6-8-15(14)18)11-19-17(21)13-9-10-22-12-13/h5-10,12,16H,3-4,11H2,1-2H3,(H,19,21)/t16-/m0/s1. The zero-order valence-electron chi connectivity index (χ0n) is 12.9. The van der Waals surface area contributed by atoms with Crippen molar-refractivity contribution in [3.05, 3.63) is 57.2 Å². The van der Waals surface area contributed by atoms with Gasteiger partial charge in [-0.25, -0.2) is 0 Å². The maximum absolute atomic E-state index is 12.2.